The standard InChI is InChI=1S/C19H21BrN2O4S2/c20-16-7-8-17(27-16)28(24,25)22-14-5-3-13(4-6-14)19(9-10-19)18(23)21-12-15-2-1-11-26-15/h3-8,15,22H,1-2,9-12H2,(H,21,23)/t15-/m0/s1. The molecule has 0 radical (unpaired) electrons. The van der Waals surface area contributed by atoms with Crippen LogP contribution in [0.1, 0.15) is 31.2 Å². The maximum absolute atomic E-state index is 12.7. The van der Waals surface area contributed by atoms with Crippen molar-refractivity contribution in [3.8, 4) is 0 Å². The number of carbonyl (C=O) groups excluding carboxylic acids is 1. The first-order valence-electron chi connectivity index (χ1n) is 9.18. The molecular weight excluding hydrogens is 464 g/mol. The van der Waals surface area contributed by atoms with Crippen molar-refractivity contribution in [3.63, 3.8) is 0 Å². The van der Waals surface area contributed by atoms with E-state index in [1.54, 1.807) is 24.3 Å². The van der Waals surface area contributed by atoms with E-state index >= 15 is 0 Å². The second kappa shape index (κ2) is 7.78. The molecule has 0 unspecified atom stereocenters. The van der Waals surface area contributed by atoms with Crippen LogP contribution in [-0.2, 0) is 25.0 Å². The van der Waals surface area contributed by atoms with Crippen LogP contribution in [0.25, 0.3) is 0 Å². The van der Waals surface area contributed by atoms with Crippen LogP contribution in [-0.4, -0.2) is 33.6 Å². The van der Waals surface area contributed by atoms with Gasteiger partial charge >= 0.3 is 0 Å². The highest BCUT2D eigenvalue weighted by atomic mass is 79.9. The molecule has 2 aliphatic rings. The number of sulfonamides is 1. The van der Waals surface area contributed by atoms with Crippen LogP contribution in [0.4, 0.5) is 5.69 Å². The lowest BCUT2D eigenvalue weighted by Gasteiger charge is -2.18. The Morgan fingerprint density at radius 3 is 2.54 bits per heavy atom. The van der Waals surface area contributed by atoms with Gasteiger partial charge in [0.15, 0.2) is 0 Å². The van der Waals surface area contributed by atoms with Crippen LogP contribution in [0.3, 0.4) is 0 Å². The summed E-state index contributed by atoms with van der Waals surface area (Å²) in [5, 5.41) is 3.02. The lowest BCUT2D eigenvalue weighted by Crippen LogP contribution is -2.39. The van der Waals surface area contributed by atoms with E-state index in [2.05, 4.69) is 26.0 Å². The summed E-state index contributed by atoms with van der Waals surface area (Å²) < 4.78 is 34.0. The Kier molecular flexibility index (Phi) is 5.52. The second-order valence-electron chi connectivity index (χ2n) is 7.17. The minimum absolute atomic E-state index is 0.0276. The summed E-state index contributed by atoms with van der Waals surface area (Å²) in [6.45, 7) is 1.32. The van der Waals surface area contributed by atoms with Gasteiger partial charge in [-0.05, 0) is 71.4 Å². The Labute approximate surface area is 176 Å². The number of hydrogen-bond donors (Lipinski definition) is 2. The zero-order valence-corrected chi connectivity index (χ0v) is 18.3. The van der Waals surface area contributed by atoms with E-state index in [9.17, 15) is 13.2 Å². The molecule has 2 fully saturated rings. The fourth-order valence-electron chi connectivity index (χ4n) is 3.46. The molecule has 28 heavy (non-hydrogen) atoms. The van der Waals surface area contributed by atoms with Crippen LogP contribution >= 0.6 is 27.3 Å². The van der Waals surface area contributed by atoms with Gasteiger partial charge in [-0.1, -0.05) is 12.1 Å². The number of anilines is 1. The number of hydrogen-bond acceptors (Lipinski definition) is 5. The molecule has 9 heteroatoms. The molecule has 1 saturated carbocycles. The highest BCUT2D eigenvalue weighted by Crippen LogP contribution is 2.48. The number of thiophene rings is 1. The molecular formula is C19H21BrN2O4S2. The van der Waals surface area contributed by atoms with Gasteiger partial charge in [0.05, 0.1) is 15.3 Å². The summed E-state index contributed by atoms with van der Waals surface area (Å²) >= 11 is 4.43. The van der Waals surface area contributed by atoms with E-state index < -0.39 is 15.4 Å². The Bertz CT molecular complexity index is 962. The van der Waals surface area contributed by atoms with Crippen LogP contribution in [0.2, 0.25) is 0 Å². The molecule has 150 valence electrons. The molecule has 1 aromatic carbocycles. The van der Waals surface area contributed by atoms with Crippen LogP contribution in [0.15, 0.2) is 44.4 Å². The van der Waals surface area contributed by atoms with E-state index in [1.165, 1.54) is 0 Å². The van der Waals surface area contributed by atoms with E-state index in [-0.39, 0.29) is 16.2 Å². The van der Waals surface area contributed by atoms with Crippen molar-refractivity contribution in [2.75, 3.05) is 17.9 Å². The van der Waals surface area contributed by atoms with Crippen molar-refractivity contribution in [1.29, 1.82) is 0 Å². The van der Waals surface area contributed by atoms with Gasteiger partial charge in [0.25, 0.3) is 10.0 Å². The first-order valence-corrected chi connectivity index (χ1v) is 12.3. The Balaban J connectivity index is 1.42. The lowest BCUT2D eigenvalue weighted by atomic mass is 9.94. The van der Waals surface area contributed by atoms with Gasteiger partial charge in [-0.25, -0.2) is 8.42 Å². The molecule has 2 aromatic rings. The fraction of sp³-hybridized carbons (Fsp3) is 0.421. The summed E-state index contributed by atoms with van der Waals surface area (Å²) in [7, 11) is -3.61. The molecule has 1 aromatic heterocycles. The third-order valence-electron chi connectivity index (χ3n) is 5.20. The topological polar surface area (TPSA) is 84.5 Å². The van der Waals surface area contributed by atoms with Gasteiger partial charge in [0, 0.05) is 18.8 Å². The molecule has 2 heterocycles. The number of amides is 1. The molecule has 1 aliphatic carbocycles. The van der Waals surface area contributed by atoms with E-state index in [1.807, 2.05) is 12.1 Å². The third kappa shape index (κ3) is 4.12. The largest absolute Gasteiger partial charge is 0.376 e. The fourth-order valence-corrected chi connectivity index (χ4v) is 6.53. The smallest absolute Gasteiger partial charge is 0.271 e. The molecule has 0 bridgehead atoms. The van der Waals surface area contributed by atoms with Crippen molar-refractivity contribution in [3.05, 3.63) is 45.7 Å². The number of nitrogens with one attached hydrogen (secondary N) is 2. The maximum atomic E-state index is 12.7. The van der Waals surface area contributed by atoms with E-state index in [4.69, 9.17) is 4.74 Å². The van der Waals surface area contributed by atoms with Crippen molar-refractivity contribution < 1.29 is 17.9 Å². The Morgan fingerprint density at radius 1 is 1.21 bits per heavy atom. The quantitative estimate of drug-likeness (QED) is 0.628. The molecule has 1 saturated heterocycles. The highest BCUT2D eigenvalue weighted by molar-refractivity contribution is 9.11. The van der Waals surface area contributed by atoms with Gasteiger partial charge in [0.2, 0.25) is 5.91 Å². The first kappa shape index (κ1) is 19.9. The van der Waals surface area contributed by atoms with Crippen molar-refractivity contribution in [2.45, 2.75) is 41.4 Å². The van der Waals surface area contributed by atoms with Gasteiger partial charge in [0.1, 0.15) is 4.21 Å². The summed E-state index contributed by atoms with van der Waals surface area (Å²) in [6.07, 6.45) is 3.76. The molecule has 0 spiro atoms. The average Bonchev–Trinajstić information content (AvgIpc) is 3.08. The minimum atomic E-state index is -3.61. The summed E-state index contributed by atoms with van der Waals surface area (Å²) in [5.74, 6) is 0.0276. The highest BCUT2D eigenvalue weighted by Gasteiger charge is 2.51. The van der Waals surface area contributed by atoms with Crippen molar-refractivity contribution in [2.24, 2.45) is 0 Å². The zero-order chi connectivity index (χ0) is 19.8. The van der Waals surface area contributed by atoms with Crippen LogP contribution in [0.5, 0.6) is 0 Å². The average molecular weight is 485 g/mol. The minimum Gasteiger partial charge on any atom is -0.376 e. The molecule has 2 N–H and O–H groups in total. The number of rotatable bonds is 7. The van der Waals surface area contributed by atoms with Crippen molar-refractivity contribution in [1.82, 2.24) is 5.32 Å². The molecule has 4 rings (SSSR count). The van der Waals surface area contributed by atoms with E-state index in [0.29, 0.717) is 12.2 Å². The van der Waals surface area contributed by atoms with E-state index in [0.717, 1.165) is 53.0 Å². The SMILES string of the molecule is O=C(NC[C@@H]1CCCO1)C1(c2ccc(NS(=O)(=O)c3ccc(Br)s3)cc2)CC1. The monoisotopic (exact) mass is 484 g/mol. The van der Waals surface area contributed by atoms with Crippen LogP contribution in [0, 0.1) is 0 Å². The first-order chi connectivity index (χ1) is 13.4. The maximum Gasteiger partial charge on any atom is 0.271 e. The third-order valence-corrected chi connectivity index (χ3v) is 8.70. The number of benzene rings is 1. The predicted octanol–water partition coefficient (Wildman–Crippen LogP) is 3.64. The normalized spacial score (nSPS) is 20.7. The van der Waals surface area contributed by atoms with Gasteiger partial charge in [-0.15, -0.1) is 11.3 Å². The molecule has 1 aliphatic heterocycles. The number of ether oxygens (including phenoxy) is 1. The number of carbonyl (C=O) groups is 1. The zero-order valence-electron chi connectivity index (χ0n) is 15.1. The van der Waals surface area contributed by atoms with Gasteiger partial charge in [-0.3, -0.25) is 9.52 Å². The second-order valence-corrected chi connectivity index (χ2v) is 11.5. The van der Waals surface area contributed by atoms with Crippen molar-refractivity contribution >= 4 is 48.9 Å². The summed E-state index contributed by atoms with van der Waals surface area (Å²) in [5.41, 5.74) is 0.900. The Hall–Kier alpha value is -1.42. The van der Waals surface area contributed by atoms with Crippen LogP contribution < -0.4 is 10.0 Å². The Morgan fingerprint density at radius 2 is 1.96 bits per heavy atom. The summed E-state index contributed by atoms with van der Waals surface area (Å²) in [6, 6.07) is 10.4. The lowest BCUT2D eigenvalue weighted by molar-refractivity contribution is -0.124. The number of halogens is 1. The molecule has 6 nitrogen and oxygen atoms in total. The van der Waals surface area contributed by atoms with Gasteiger partial charge in [-0.2, -0.15) is 0 Å². The molecule has 1 atom stereocenters. The summed E-state index contributed by atoms with van der Waals surface area (Å²) in [4.78, 5) is 12.7. The predicted molar refractivity (Wildman–Crippen MR) is 112 cm³/mol. The van der Waals surface area contributed by atoms with Gasteiger partial charge < -0.3 is 10.1 Å². The molecule has 1 amide bonds.